The molecule has 0 aliphatic rings. The van der Waals surface area contributed by atoms with Gasteiger partial charge in [-0.2, -0.15) is 0 Å². The highest BCUT2D eigenvalue weighted by atomic mass is 16.1. The molecule has 4 N–H and O–H groups in total. The summed E-state index contributed by atoms with van der Waals surface area (Å²) in [6.07, 6.45) is 11.4. The van der Waals surface area contributed by atoms with Crippen LogP contribution in [0, 0.1) is 0 Å². The van der Waals surface area contributed by atoms with Gasteiger partial charge in [-0.3, -0.25) is 9.59 Å². The van der Waals surface area contributed by atoms with E-state index in [2.05, 4.69) is 57.1 Å². The quantitative estimate of drug-likeness (QED) is 0.146. The normalized spacial score (nSPS) is 12.2. The summed E-state index contributed by atoms with van der Waals surface area (Å²) in [6.45, 7) is 3.52. The number of aromatic nitrogens is 2. The van der Waals surface area contributed by atoms with Gasteiger partial charge in [-0.05, 0) is 55.5 Å². The average Bonchev–Trinajstić information content (AvgIpc) is 3.53. The number of nitrogens with one attached hydrogen (secondary N) is 4. The molecule has 6 nitrogen and oxygen atoms in total. The van der Waals surface area contributed by atoms with E-state index in [9.17, 15) is 9.59 Å². The molecule has 0 saturated heterocycles. The van der Waals surface area contributed by atoms with Crippen molar-refractivity contribution < 1.29 is 9.59 Å². The van der Waals surface area contributed by atoms with E-state index in [1.165, 1.54) is 27.4 Å². The number of hydrogen-bond donors (Lipinski definition) is 4. The second-order valence-electron chi connectivity index (χ2n) is 9.93. The monoisotopic (exact) mass is 500 g/mol. The first-order valence-corrected chi connectivity index (χ1v) is 13.8. The maximum absolute atomic E-state index is 12.9. The van der Waals surface area contributed by atoms with E-state index < -0.39 is 0 Å². The Kier molecular flexibility index (Phi) is 9.95. The number of amides is 1. The Bertz CT molecular complexity index is 1290. The summed E-state index contributed by atoms with van der Waals surface area (Å²) >= 11 is 0. The molecule has 6 heteroatoms. The number of fused-ring (bicyclic) bond motifs is 2. The van der Waals surface area contributed by atoms with E-state index in [-0.39, 0.29) is 11.9 Å². The highest BCUT2D eigenvalue weighted by Gasteiger charge is 2.14. The molecule has 0 saturated carbocycles. The molecule has 1 atom stereocenters. The van der Waals surface area contributed by atoms with Gasteiger partial charge in [-0.1, -0.05) is 56.2 Å². The number of carbonyl (C=O) groups is 2. The number of carbonyl (C=O) groups excluding carboxylic acids is 2. The summed E-state index contributed by atoms with van der Waals surface area (Å²) in [5.41, 5.74) is 4.76. The molecule has 2 aromatic heterocycles. The standard InChI is InChI=1S/C31H40N4O2/c1-2-26(36)11-5-3-4-10-25(22-32-19-18-24-21-34-30-15-9-7-13-28(24)30)35-31(37)17-16-23-20-33-29-14-8-6-12-27(23)29/h6-9,12-15,20-21,25,32-34H,2-5,10-11,16-19,22H2,1H3,(H,35,37). The van der Waals surface area contributed by atoms with Crippen molar-refractivity contribution in [3.8, 4) is 0 Å². The van der Waals surface area contributed by atoms with Crippen molar-refractivity contribution in [2.75, 3.05) is 13.1 Å². The summed E-state index contributed by atoms with van der Waals surface area (Å²) in [7, 11) is 0. The second kappa shape index (κ2) is 13.8. The van der Waals surface area contributed by atoms with Gasteiger partial charge in [0.2, 0.25) is 5.91 Å². The van der Waals surface area contributed by atoms with Crippen LogP contribution in [0.2, 0.25) is 0 Å². The van der Waals surface area contributed by atoms with Crippen LogP contribution in [0.3, 0.4) is 0 Å². The molecular formula is C31H40N4O2. The molecule has 0 bridgehead atoms. The van der Waals surface area contributed by atoms with E-state index in [4.69, 9.17) is 0 Å². The fraction of sp³-hybridized carbons (Fsp3) is 0.419. The number of benzene rings is 2. The number of aromatic amines is 2. The van der Waals surface area contributed by atoms with Gasteiger partial charge < -0.3 is 20.6 Å². The molecule has 0 aliphatic heterocycles. The van der Waals surface area contributed by atoms with Crippen LogP contribution in [0.1, 0.15) is 63.0 Å². The maximum Gasteiger partial charge on any atom is 0.220 e. The topological polar surface area (TPSA) is 89.8 Å². The Morgan fingerprint density at radius 2 is 1.46 bits per heavy atom. The van der Waals surface area contributed by atoms with Crippen molar-refractivity contribution >= 4 is 33.5 Å². The SMILES string of the molecule is CCC(=O)CCCCCC(CNCCc1c[nH]c2ccccc12)NC(=O)CCc1c[nH]c2ccccc12. The van der Waals surface area contributed by atoms with Crippen LogP contribution in [0.25, 0.3) is 21.8 Å². The second-order valence-corrected chi connectivity index (χ2v) is 9.93. The van der Waals surface area contributed by atoms with Gasteiger partial charge in [0, 0.05) is 66.0 Å². The summed E-state index contributed by atoms with van der Waals surface area (Å²) in [5, 5.41) is 9.30. The molecule has 0 radical (unpaired) electrons. The first-order chi connectivity index (χ1) is 18.1. The number of para-hydroxylation sites is 2. The Morgan fingerprint density at radius 3 is 2.14 bits per heavy atom. The molecule has 37 heavy (non-hydrogen) atoms. The van der Waals surface area contributed by atoms with Crippen LogP contribution in [-0.4, -0.2) is 40.8 Å². The number of Topliss-reactive ketones (excluding diaryl/α,β-unsaturated/α-hetero) is 1. The molecule has 4 rings (SSSR count). The summed E-state index contributed by atoms with van der Waals surface area (Å²) in [5.74, 6) is 0.427. The van der Waals surface area contributed by atoms with Crippen LogP contribution in [-0.2, 0) is 22.4 Å². The highest BCUT2D eigenvalue weighted by molar-refractivity contribution is 5.84. The Labute approximate surface area is 219 Å². The number of rotatable bonds is 16. The molecule has 4 aromatic rings. The molecule has 196 valence electrons. The fourth-order valence-electron chi connectivity index (χ4n) is 5.02. The Hall–Kier alpha value is -3.38. The highest BCUT2D eigenvalue weighted by Crippen LogP contribution is 2.19. The lowest BCUT2D eigenvalue weighted by atomic mass is 10.0. The summed E-state index contributed by atoms with van der Waals surface area (Å²) in [6, 6.07) is 16.7. The molecule has 1 amide bonds. The zero-order valence-corrected chi connectivity index (χ0v) is 21.9. The van der Waals surface area contributed by atoms with E-state index in [0.717, 1.165) is 57.1 Å². The molecule has 2 aromatic carbocycles. The third kappa shape index (κ3) is 7.80. The number of hydrogen-bond acceptors (Lipinski definition) is 3. The van der Waals surface area contributed by atoms with Crippen LogP contribution in [0.5, 0.6) is 0 Å². The summed E-state index contributed by atoms with van der Waals surface area (Å²) in [4.78, 5) is 31.1. The van der Waals surface area contributed by atoms with Crippen molar-refractivity contribution in [3.05, 3.63) is 72.1 Å². The van der Waals surface area contributed by atoms with Gasteiger partial charge >= 0.3 is 0 Å². The van der Waals surface area contributed by atoms with E-state index in [1.807, 2.05) is 31.3 Å². The first kappa shape index (κ1) is 26.7. The lowest BCUT2D eigenvalue weighted by molar-refractivity contribution is -0.121. The Morgan fingerprint density at radius 1 is 0.811 bits per heavy atom. The summed E-state index contributed by atoms with van der Waals surface area (Å²) < 4.78 is 0. The van der Waals surface area contributed by atoms with Crippen molar-refractivity contribution in [1.82, 2.24) is 20.6 Å². The lowest BCUT2D eigenvalue weighted by Gasteiger charge is -2.20. The van der Waals surface area contributed by atoms with E-state index in [1.54, 1.807) is 0 Å². The van der Waals surface area contributed by atoms with Gasteiger partial charge in [-0.25, -0.2) is 0 Å². The third-order valence-corrected chi connectivity index (χ3v) is 7.20. The third-order valence-electron chi connectivity index (χ3n) is 7.20. The van der Waals surface area contributed by atoms with Gasteiger partial charge in [-0.15, -0.1) is 0 Å². The number of aryl methyl sites for hydroxylation is 1. The largest absolute Gasteiger partial charge is 0.361 e. The zero-order chi connectivity index (χ0) is 25.9. The molecule has 0 fully saturated rings. The predicted octanol–water partition coefficient (Wildman–Crippen LogP) is 5.83. The Balaban J connectivity index is 1.25. The number of ketones is 1. The van der Waals surface area contributed by atoms with Crippen LogP contribution in [0.15, 0.2) is 60.9 Å². The van der Waals surface area contributed by atoms with Crippen molar-refractivity contribution in [1.29, 1.82) is 0 Å². The molecule has 0 aliphatic carbocycles. The fourth-order valence-corrected chi connectivity index (χ4v) is 5.02. The predicted molar refractivity (Wildman–Crippen MR) is 152 cm³/mol. The minimum absolute atomic E-state index is 0.0836. The molecule has 1 unspecified atom stereocenters. The van der Waals surface area contributed by atoms with E-state index in [0.29, 0.717) is 25.0 Å². The van der Waals surface area contributed by atoms with Crippen molar-refractivity contribution in [2.24, 2.45) is 0 Å². The van der Waals surface area contributed by atoms with Gasteiger partial charge in [0.1, 0.15) is 5.78 Å². The lowest BCUT2D eigenvalue weighted by Crippen LogP contribution is -2.42. The molecule has 2 heterocycles. The van der Waals surface area contributed by atoms with Crippen LogP contribution < -0.4 is 10.6 Å². The van der Waals surface area contributed by atoms with Crippen LogP contribution >= 0.6 is 0 Å². The smallest absolute Gasteiger partial charge is 0.220 e. The molecule has 0 spiro atoms. The zero-order valence-electron chi connectivity index (χ0n) is 21.9. The average molecular weight is 501 g/mol. The van der Waals surface area contributed by atoms with Gasteiger partial charge in [0.15, 0.2) is 0 Å². The van der Waals surface area contributed by atoms with Crippen LogP contribution in [0.4, 0.5) is 0 Å². The van der Waals surface area contributed by atoms with Gasteiger partial charge in [0.25, 0.3) is 0 Å². The van der Waals surface area contributed by atoms with Gasteiger partial charge in [0.05, 0.1) is 0 Å². The number of unbranched alkanes of at least 4 members (excludes halogenated alkanes) is 2. The minimum atomic E-state index is 0.0836. The van der Waals surface area contributed by atoms with E-state index >= 15 is 0 Å². The van der Waals surface area contributed by atoms with Crippen molar-refractivity contribution in [2.45, 2.75) is 70.8 Å². The van der Waals surface area contributed by atoms with Crippen molar-refractivity contribution in [3.63, 3.8) is 0 Å². The number of H-pyrrole nitrogens is 2. The minimum Gasteiger partial charge on any atom is -0.361 e. The maximum atomic E-state index is 12.9. The molecular weight excluding hydrogens is 460 g/mol. The first-order valence-electron chi connectivity index (χ1n) is 13.8.